The largest absolute Gasteiger partial charge is 0.376 e. The van der Waals surface area contributed by atoms with Crippen LogP contribution in [0.25, 0.3) is 11.2 Å². The predicted molar refractivity (Wildman–Crippen MR) is 73.2 cm³/mol. The summed E-state index contributed by atoms with van der Waals surface area (Å²) in [5.74, 6) is 0. The molecule has 5 nitrogen and oxygen atoms in total. The lowest BCUT2D eigenvalue weighted by molar-refractivity contribution is -0.0933. The third-order valence-electron chi connectivity index (χ3n) is 2.85. The Morgan fingerprint density at radius 3 is 3.22 bits per heavy atom. The molecule has 18 heavy (non-hydrogen) atoms. The number of H-pyrrole nitrogens is 1. The number of rotatable bonds is 2. The molecule has 0 bridgehead atoms. The highest BCUT2D eigenvalue weighted by Gasteiger charge is 2.17. The number of nitrogens with zero attached hydrogens (tertiary/aromatic N) is 2. The third kappa shape index (κ3) is 2.35. The molecule has 2 aromatic rings. The molecule has 3 heterocycles. The lowest BCUT2D eigenvalue weighted by Gasteiger charge is -2.23. The number of aromatic nitrogens is 3. The van der Waals surface area contributed by atoms with Crippen LogP contribution >= 0.6 is 28.1 Å². The van der Waals surface area contributed by atoms with Crippen molar-refractivity contribution in [2.75, 3.05) is 19.8 Å². The molecule has 0 radical (unpaired) electrons. The van der Waals surface area contributed by atoms with Crippen LogP contribution < -0.4 is 0 Å². The molecule has 1 saturated heterocycles. The fraction of sp³-hybridized carbons (Fsp3) is 0.455. The van der Waals surface area contributed by atoms with Crippen molar-refractivity contribution in [3.05, 3.63) is 21.5 Å². The van der Waals surface area contributed by atoms with Crippen LogP contribution in [0.15, 0.2) is 16.7 Å². The molecule has 0 aliphatic carbocycles. The van der Waals surface area contributed by atoms with Crippen molar-refractivity contribution >= 4 is 39.3 Å². The maximum atomic E-state index is 5.64. The molecule has 1 aliphatic heterocycles. The summed E-state index contributed by atoms with van der Waals surface area (Å²) in [5.41, 5.74) is 1.77. The first-order valence-electron chi connectivity index (χ1n) is 5.67. The molecule has 0 amide bonds. The molecule has 1 unspecified atom stereocenters. The number of pyridine rings is 1. The molecule has 0 aromatic carbocycles. The van der Waals surface area contributed by atoms with Gasteiger partial charge in [0.2, 0.25) is 0 Å². The Morgan fingerprint density at radius 1 is 1.56 bits per heavy atom. The fourth-order valence-electron chi connectivity index (χ4n) is 2.03. The molecule has 2 aromatic heterocycles. The second-order valence-corrected chi connectivity index (χ2v) is 5.44. The van der Waals surface area contributed by atoms with Gasteiger partial charge in [-0.1, -0.05) is 0 Å². The van der Waals surface area contributed by atoms with E-state index in [0.29, 0.717) is 31.1 Å². The van der Waals surface area contributed by atoms with E-state index in [2.05, 4.69) is 25.9 Å². The summed E-state index contributed by atoms with van der Waals surface area (Å²) >= 11 is 8.71. The van der Waals surface area contributed by atoms with Gasteiger partial charge in [-0.25, -0.2) is 4.98 Å². The highest BCUT2D eigenvalue weighted by atomic mass is 79.9. The van der Waals surface area contributed by atoms with Gasteiger partial charge in [-0.2, -0.15) is 0 Å². The SMILES string of the molecule is S=c1[nH]c2cc(Br)cnc2n1CC1COCCO1. The van der Waals surface area contributed by atoms with Gasteiger partial charge in [-0.05, 0) is 34.2 Å². The van der Waals surface area contributed by atoms with Gasteiger partial charge in [-0.15, -0.1) is 0 Å². The number of ether oxygens (including phenoxy) is 2. The van der Waals surface area contributed by atoms with Crippen LogP contribution in [0.3, 0.4) is 0 Å². The van der Waals surface area contributed by atoms with Crippen molar-refractivity contribution in [1.29, 1.82) is 0 Å². The molecule has 1 aliphatic rings. The number of halogens is 1. The van der Waals surface area contributed by atoms with E-state index < -0.39 is 0 Å². The van der Waals surface area contributed by atoms with Gasteiger partial charge in [0.05, 0.1) is 38.0 Å². The van der Waals surface area contributed by atoms with E-state index >= 15 is 0 Å². The van der Waals surface area contributed by atoms with Crippen LogP contribution in [-0.2, 0) is 16.0 Å². The van der Waals surface area contributed by atoms with Crippen molar-refractivity contribution in [1.82, 2.24) is 14.5 Å². The third-order valence-corrected chi connectivity index (χ3v) is 3.60. The molecule has 0 spiro atoms. The summed E-state index contributed by atoms with van der Waals surface area (Å²) in [6, 6.07) is 1.97. The second kappa shape index (κ2) is 5.08. The molecule has 7 heteroatoms. The van der Waals surface area contributed by atoms with Crippen molar-refractivity contribution in [3.63, 3.8) is 0 Å². The molecular formula is C11H12BrN3O2S. The molecule has 1 N–H and O–H groups in total. The van der Waals surface area contributed by atoms with Gasteiger partial charge < -0.3 is 14.5 Å². The Labute approximate surface area is 117 Å². The number of hydrogen-bond acceptors (Lipinski definition) is 4. The van der Waals surface area contributed by atoms with Gasteiger partial charge >= 0.3 is 0 Å². The molecular weight excluding hydrogens is 318 g/mol. The normalized spacial score (nSPS) is 20.4. The second-order valence-electron chi connectivity index (χ2n) is 4.13. The van der Waals surface area contributed by atoms with Gasteiger partial charge in [0.25, 0.3) is 0 Å². The lowest BCUT2D eigenvalue weighted by Crippen LogP contribution is -2.32. The maximum absolute atomic E-state index is 5.64. The highest BCUT2D eigenvalue weighted by Crippen LogP contribution is 2.18. The number of hydrogen-bond donors (Lipinski definition) is 1. The summed E-state index contributed by atoms with van der Waals surface area (Å²) in [7, 11) is 0. The summed E-state index contributed by atoms with van der Waals surface area (Å²) in [6.45, 7) is 2.57. The zero-order valence-electron chi connectivity index (χ0n) is 9.56. The Morgan fingerprint density at radius 2 is 2.44 bits per heavy atom. The van der Waals surface area contributed by atoms with Crippen LogP contribution in [0.4, 0.5) is 0 Å². The molecule has 3 rings (SSSR count). The summed E-state index contributed by atoms with van der Waals surface area (Å²) < 4.78 is 14.6. The standard InChI is InChI=1S/C11H12BrN3O2S/c12-7-3-9-10(13-4-7)15(11(18)14-9)5-8-6-16-1-2-17-8/h3-4,8H,1-2,5-6H2,(H,14,18). The Hall–Kier alpha value is -0.760. The molecule has 0 saturated carbocycles. The van der Waals surface area contributed by atoms with E-state index in [-0.39, 0.29) is 6.10 Å². The minimum atomic E-state index is 0.0369. The van der Waals surface area contributed by atoms with Gasteiger partial charge in [0.1, 0.15) is 0 Å². The van der Waals surface area contributed by atoms with Crippen molar-refractivity contribution in [2.45, 2.75) is 12.6 Å². The van der Waals surface area contributed by atoms with Crippen LogP contribution in [0, 0.1) is 4.77 Å². The topological polar surface area (TPSA) is 52.1 Å². The highest BCUT2D eigenvalue weighted by molar-refractivity contribution is 9.10. The predicted octanol–water partition coefficient (Wildman–Crippen LogP) is 2.27. The zero-order chi connectivity index (χ0) is 12.5. The number of imidazole rings is 1. The quantitative estimate of drug-likeness (QED) is 0.859. The Bertz CT molecular complexity index is 618. The minimum Gasteiger partial charge on any atom is -0.376 e. The van der Waals surface area contributed by atoms with E-state index in [1.165, 1.54) is 0 Å². The first kappa shape index (κ1) is 12.3. The smallest absolute Gasteiger partial charge is 0.179 e. The van der Waals surface area contributed by atoms with E-state index in [1.807, 2.05) is 10.6 Å². The summed E-state index contributed by atoms with van der Waals surface area (Å²) in [6.07, 6.45) is 1.80. The van der Waals surface area contributed by atoms with Gasteiger partial charge in [0, 0.05) is 10.7 Å². The van der Waals surface area contributed by atoms with Crippen molar-refractivity contribution in [3.8, 4) is 0 Å². The first-order valence-corrected chi connectivity index (χ1v) is 6.87. The van der Waals surface area contributed by atoms with Crippen molar-refractivity contribution in [2.24, 2.45) is 0 Å². The summed E-state index contributed by atoms with van der Waals surface area (Å²) in [5, 5.41) is 0. The fourth-order valence-corrected chi connectivity index (χ4v) is 2.64. The molecule has 1 atom stereocenters. The van der Waals surface area contributed by atoms with Crippen LogP contribution in [0.1, 0.15) is 0 Å². The van der Waals surface area contributed by atoms with Gasteiger partial charge in [-0.3, -0.25) is 4.57 Å². The maximum Gasteiger partial charge on any atom is 0.179 e. The average Bonchev–Trinajstić information content (AvgIpc) is 2.66. The minimum absolute atomic E-state index is 0.0369. The Balaban J connectivity index is 1.95. The number of aromatic amines is 1. The molecule has 96 valence electrons. The average molecular weight is 330 g/mol. The van der Waals surface area contributed by atoms with E-state index in [0.717, 1.165) is 15.6 Å². The van der Waals surface area contributed by atoms with E-state index in [1.54, 1.807) is 6.20 Å². The van der Waals surface area contributed by atoms with Crippen molar-refractivity contribution < 1.29 is 9.47 Å². The first-order chi connectivity index (χ1) is 8.74. The van der Waals surface area contributed by atoms with E-state index in [4.69, 9.17) is 21.7 Å². The monoisotopic (exact) mass is 329 g/mol. The zero-order valence-corrected chi connectivity index (χ0v) is 12.0. The van der Waals surface area contributed by atoms with E-state index in [9.17, 15) is 0 Å². The van der Waals surface area contributed by atoms with Crippen LogP contribution in [-0.4, -0.2) is 40.5 Å². The number of fused-ring (bicyclic) bond motifs is 1. The van der Waals surface area contributed by atoms with Gasteiger partial charge in [0.15, 0.2) is 10.4 Å². The van der Waals surface area contributed by atoms with Crippen LogP contribution in [0.5, 0.6) is 0 Å². The lowest BCUT2D eigenvalue weighted by atomic mass is 10.3. The Kier molecular flexibility index (Phi) is 3.47. The summed E-state index contributed by atoms with van der Waals surface area (Å²) in [4.78, 5) is 7.54. The number of nitrogens with one attached hydrogen (secondary N) is 1. The van der Waals surface area contributed by atoms with Crippen LogP contribution in [0.2, 0.25) is 0 Å². The molecule has 1 fully saturated rings.